The van der Waals surface area contributed by atoms with Crippen LogP contribution in [0.4, 0.5) is 21.9 Å². The average molecular weight is 581 g/mol. The fourth-order valence-electron chi connectivity index (χ4n) is 3.58. The number of nitrogens with one attached hydrogen (secondary N) is 5. The number of H-pyrrole nitrogens is 2. The van der Waals surface area contributed by atoms with Gasteiger partial charge in [0, 0.05) is 11.8 Å². The zero-order valence-corrected chi connectivity index (χ0v) is 22.5. The van der Waals surface area contributed by atoms with Gasteiger partial charge in [-0.25, -0.2) is 0 Å². The van der Waals surface area contributed by atoms with Crippen LogP contribution in [0.25, 0.3) is 20.7 Å². The van der Waals surface area contributed by atoms with Crippen molar-refractivity contribution in [2.45, 2.75) is 25.7 Å². The number of nitrogens with two attached hydrogens (primary N) is 1. The summed E-state index contributed by atoms with van der Waals surface area (Å²) in [4.78, 5) is 43.7. The van der Waals surface area contributed by atoms with Crippen LogP contribution >= 0.6 is 22.7 Å². The molecule has 0 radical (unpaired) electrons. The number of benzene rings is 1. The summed E-state index contributed by atoms with van der Waals surface area (Å²) in [6.07, 6.45) is 3.82. The summed E-state index contributed by atoms with van der Waals surface area (Å²) in [5, 5.41) is 22.6. The Labute approximate surface area is 234 Å². The van der Waals surface area contributed by atoms with Gasteiger partial charge in [0.2, 0.25) is 11.8 Å². The third-order valence-corrected chi connectivity index (χ3v) is 7.95. The first-order valence-corrected chi connectivity index (χ1v) is 14.1. The number of hydrogen-bond donors (Lipinski definition) is 6. The van der Waals surface area contributed by atoms with E-state index in [4.69, 9.17) is 10.5 Å². The molecule has 40 heavy (non-hydrogen) atoms. The zero-order valence-electron chi connectivity index (χ0n) is 20.9. The number of fused-ring (bicyclic) bond motifs is 2. The second kappa shape index (κ2) is 10.9. The molecule has 0 saturated heterocycles. The first-order valence-electron chi connectivity index (χ1n) is 12.5. The van der Waals surface area contributed by atoms with Crippen molar-refractivity contribution in [2.24, 2.45) is 11.8 Å². The van der Waals surface area contributed by atoms with Gasteiger partial charge in [-0.1, -0.05) is 40.9 Å². The van der Waals surface area contributed by atoms with E-state index in [1.54, 1.807) is 12.1 Å². The highest BCUT2D eigenvalue weighted by molar-refractivity contribution is 7.23. The molecule has 4 heterocycles. The van der Waals surface area contributed by atoms with Gasteiger partial charge in [0.1, 0.15) is 26.8 Å². The monoisotopic (exact) mass is 580 g/mol. The predicted octanol–water partition coefficient (Wildman–Crippen LogP) is 3.34. The van der Waals surface area contributed by atoms with E-state index in [1.807, 2.05) is 18.2 Å². The summed E-state index contributed by atoms with van der Waals surface area (Å²) in [6.45, 7) is -0.116. The Hall–Kier alpha value is -4.57. The Morgan fingerprint density at radius 3 is 2.02 bits per heavy atom. The number of aromatic amines is 2. The number of ether oxygens (including phenoxy) is 1. The number of amides is 3. The van der Waals surface area contributed by atoms with Crippen LogP contribution in [-0.2, 0) is 14.4 Å². The molecule has 2 aliphatic rings. The van der Waals surface area contributed by atoms with Crippen LogP contribution in [0.2, 0.25) is 0 Å². The van der Waals surface area contributed by atoms with E-state index in [-0.39, 0.29) is 36.2 Å². The smallest absolute Gasteiger partial charge is 0.263 e. The number of para-hydroxylation sites is 1. The van der Waals surface area contributed by atoms with Crippen molar-refractivity contribution in [2.75, 3.05) is 28.3 Å². The number of carbonyl (C=O) groups excluding carboxylic acids is 3. The summed E-state index contributed by atoms with van der Waals surface area (Å²) < 4.78 is 6.88. The van der Waals surface area contributed by atoms with Gasteiger partial charge in [-0.05, 0) is 37.8 Å². The molecule has 0 bridgehead atoms. The molecule has 5 aromatic rings. The number of carbonyl (C=O) groups is 3. The van der Waals surface area contributed by atoms with Gasteiger partial charge >= 0.3 is 0 Å². The van der Waals surface area contributed by atoms with Crippen LogP contribution < -0.4 is 26.4 Å². The number of nitrogens with zero attached hydrogens (tertiary/aromatic N) is 4. The first-order chi connectivity index (χ1) is 19.4. The fraction of sp³-hybridized carbons (Fsp3) is 0.292. The van der Waals surface area contributed by atoms with Crippen molar-refractivity contribution in [3.8, 4) is 5.75 Å². The largest absolute Gasteiger partial charge is 0.484 e. The molecule has 2 fully saturated rings. The van der Waals surface area contributed by atoms with E-state index in [1.165, 1.54) is 22.7 Å². The molecule has 0 unspecified atom stereocenters. The molecule has 0 atom stereocenters. The molecule has 2 saturated carbocycles. The number of hydrogen-bond acceptors (Lipinski definition) is 11. The predicted molar refractivity (Wildman–Crippen MR) is 151 cm³/mol. The molecule has 4 aromatic heterocycles. The average Bonchev–Trinajstić information content (AvgIpc) is 3.84. The lowest BCUT2D eigenvalue weighted by atomic mass is 10.3. The van der Waals surface area contributed by atoms with E-state index in [9.17, 15) is 14.4 Å². The third-order valence-electron chi connectivity index (χ3n) is 5.98. The highest BCUT2D eigenvalue weighted by Crippen LogP contribution is 2.34. The van der Waals surface area contributed by atoms with Crippen molar-refractivity contribution >= 4 is 83.0 Å². The van der Waals surface area contributed by atoms with E-state index in [0.29, 0.717) is 43.6 Å². The Bertz CT molecular complexity index is 1680. The van der Waals surface area contributed by atoms with Gasteiger partial charge in [-0.15, -0.1) is 0 Å². The summed E-state index contributed by atoms with van der Waals surface area (Å²) in [5.41, 5.74) is 6.65. The molecule has 7 N–H and O–H groups in total. The van der Waals surface area contributed by atoms with Crippen molar-refractivity contribution in [1.29, 1.82) is 0 Å². The quantitative estimate of drug-likeness (QED) is 0.159. The maximum Gasteiger partial charge on any atom is 0.263 e. The number of nitrogen functional groups attached to an aromatic ring is 1. The van der Waals surface area contributed by atoms with Crippen LogP contribution in [0.15, 0.2) is 30.3 Å². The molecule has 206 valence electrons. The Morgan fingerprint density at radius 1 is 0.850 bits per heavy atom. The molecule has 14 nitrogen and oxygen atoms in total. The summed E-state index contributed by atoms with van der Waals surface area (Å²) >= 11 is 2.61. The van der Waals surface area contributed by atoms with Gasteiger partial charge < -0.3 is 26.4 Å². The van der Waals surface area contributed by atoms with Crippen LogP contribution in [0.3, 0.4) is 0 Å². The lowest BCUT2D eigenvalue weighted by Gasteiger charge is -2.05. The minimum absolute atomic E-state index is 0.0118. The Balaban J connectivity index is 0.000000164. The maximum absolute atomic E-state index is 12.0. The normalized spacial score (nSPS) is 14.4. The van der Waals surface area contributed by atoms with E-state index in [0.717, 1.165) is 30.4 Å². The van der Waals surface area contributed by atoms with Crippen LogP contribution in [0, 0.1) is 11.8 Å². The topological polar surface area (TPSA) is 206 Å². The van der Waals surface area contributed by atoms with Crippen LogP contribution in [0.1, 0.15) is 25.7 Å². The lowest BCUT2D eigenvalue weighted by Crippen LogP contribution is -2.20. The maximum atomic E-state index is 12.0. The van der Waals surface area contributed by atoms with Crippen molar-refractivity contribution in [3.05, 3.63) is 30.3 Å². The molecule has 0 aliphatic heterocycles. The standard InChI is InChI=1S/C16H15N5O3S.C8H9N5OS/c22-11(8-24-10-4-2-1-3-5-10)17-13-12-14(21-20-13)18-16(25-12)19-15(23)9-6-7-9;9-5-4-6(13-12-5)10-8(15-4)11-7(14)3-1-2-3/h1-5,9H,6-8H2,(H3,17,18,19,20,21,22,23);3H,1-2H2,(H4,9,10,11,12,13,14). The Kier molecular flexibility index (Phi) is 7.00. The van der Waals surface area contributed by atoms with E-state index >= 15 is 0 Å². The van der Waals surface area contributed by atoms with Crippen molar-refractivity contribution < 1.29 is 19.1 Å². The van der Waals surface area contributed by atoms with Gasteiger partial charge in [-0.3, -0.25) is 24.6 Å². The summed E-state index contributed by atoms with van der Waals surface area (Å²) in [5.74, 6) is 1.57. The summed E-state index contributed by atoms with van der Waals surface area (Å²) in [6, 6.07) is 9.10. The van der Waals surface area contributed by atoms with E-state index < -0.39 is 0 Å². The number of thiazole rings is 2. The van der Waals surface area contributed by atoms with Gasteiger partial charge in [-0.2, -0.15) is 20.2 Å². The minimum Gasteiger partial charge on any atom is -0.484 e. The van der Waals surface area contributed by atoms with Crippen molar-refractivity contribution in [3.63, 3.8) is 0 Å². The third kappa shape index (κ3) is 6.02. The molecular formula is C24H24N10O4S2. The second-order valence-electron chi connectivity index (χ2n) is 9.26. The first kappa shape index (κ1) is 25.7. The molecular weight excluding hydrogens is 556 g/mol. The zero-order chi connectivity index (χ0) is 27.6. The summed E-state index contributed by atoms with van der Waals surface area (Å²) in [7, 11) is 0. The van der Waals surface area contributed by atoms with Gasteiger partial charge in [0.15, 0.2) is 28.2 Å². The second-order valence-corrected chi connectivity index (χ2v) is 11.3. The fourth-order valence-corrected chi connectivity index (χ4v) is 5.25. The molecule has 0 spiro atoms. The molecule has 16 heteroatoms. The number of anilines is 4. The van der Waals surface area contributed by atoms with Crippen LogP contribution in [-0.4, -0.2) is 54.7 Å². The van der Waals surface area contributed by atoms with E-state index in [2.05, 4.69) is 46.3 Å². The van der Waals surface area contributed by atoms with Gasteiger partial charge in [0.25, 0.3) is 5.91 Å². The van der Waals surface area contributed by atoms with Crippen molar-refractivity contribution in [1.82, 2.24) is 30.4 Å². The number of aromatic nitrogens is 6. The molecule has 7 rings (SSSR count). The highest BCUT2D eigenvalue weighted by atomic mass is 32.1. The lowest BCUT2D eigenvalue weighted by molar-refractivity contribution is -0.118. The minimum atomic E-state index is -0.314. The SMILES string of the molecule is Nc1[nH]nc2nc(NC(=O)C3CC3)sc12.O=C(COc1ccccc1)Nc1[nH]nc2nc(NC(=O)C3CC3)sc12. The Morgan fingerprint density at radius 2 is 1.43 bits per heavy atom. The molecule has 1 aromatic carbocycles. The van der Waals surface area contributed by atoms with Gasteiger partial charge in [0.05, 0.1) is 0 Å². The van der Waals surface area contributed by atoms with Crippen LogP contribution in [0.5, 0.6) is 5.75 Å². The molecule has 3 amide bonds. The number of rotatable bonds is 8. The molecule has 2 aliphatic carbocycles. The highest BCUT2D eigenvalue weighted by Gasteiger charge is 2.31.